The van der Waals surface area contributed by atoms with E-state index in [0.717, 1.165) is 16.6 Å². The molecule has 0 bridgehead atoms. The smallest absolute Gasteiger partial charge is 0.0102 e. The minimum Gasteiger partial charge on any atom is -0.0921 e. The van der Waals surface area contributed by atoms with Gasteiger partial charge in [-0.2, -0.15) is 0 Å². The number of rotatable bonds is 5. The summed E-state index contributed by atoms with van der Waals surface area (Å²) in [6, 6.07) is 4.68. The summed E-state index contributed by atoms with van der Waals surface area (Å²) in [4.78, 5) is 0. The topological polar surface area (TPSA) is 0 Å². The van der Waals surface area contributed by atoms with Gasteiger partial charge in [0.1, 0.15) is 0 Å². The van der Waals surface area contributed by atoms with E-state index in [1.807, 2.05) is 0 Å². The van der Waals surface area contributed by atoms with Crippen LogP contribution in [0.3, 0.4) is 0 Å². The molecule has 0 spiro atoms. The number of halogens is 2. The number of alkyl halides is 2. The fourth-order valence-electron chi connectivity index (χ4n) is 3.87. The monoisotopic (exact) mass is 400 g/mol. The Kier molecular flexibility index (Phi) is 5.76. The third-order valence-corrected chi connectivity index (χ3v) is 7.36. The van der Waals surface area contributed by atoms with Gasteiger partial charge in [-0.05, 0) is 68.1 Å². The van der Waals surface area contributed by atoms with Gasteiger partial charge in [-0.25, -0.2) is 0 Å². The molecule has 0 aliphatic heterocycles. The van der Waals surface area contributed by atoms with Crippen molar-refractivity contribution in [1.82, 2.24) is 0 Å². The zero-order valence-electron chi connectivity index (χ0n) is 12.9. The molecule has 1 aliphatic carbocycles. The van der Waals surface area contributed by atoms with Gasteiger partial charge in [0.15, 0.2) is 0 Å². The van der Waals surface area contributed by atoms with Crippen LogP contribution in [0.25, 0.3) is 0 Å². The highest BCUT2D eigenvalue weighted by atomic mass is 79.9. The van der Waals surface area contributed by atoms with Gasteiger partial charge in [-0.3, -0.25) is 0 Å². The molecule has 112 valence electrons. The highest BCUT2D eigenvalue weighted by Crippen LogP contribution is 2.45. The van der Waals surface area contributed by atoms with Crippen LogP contribution in [0.5, 0.6) is 0 Å². The van der Waals surface area contributed by atoms with E-state index < -0.39 is 0 Å². The van der Waals surface area contributed by atoms with Crippen LogP contribution < -0.4 is 0 Å². The van der Waals surface area contributed by atoms with E-state index in [9.17, 15) is 0 Å². The molecule has 0 atom stereocenters. The Hall–Kier alpha value is 0.180. The average Bonchev–Trinajstić information content (AvgIpc) is 2.93. The van der Waals surface area contributed by atoms with Crippen LogP contribution in [0.15, 0.2) is 12.1 Å². The van der Waals surface area contributed by atoms with Crippen LogP contribution in [-0.2, 0) is 6.42 Å². The lowest BCUT2D eigenvalue weighted by Crippen LogP contribution is -2.35. The Labute approximate surface area is 141 Å². The first kappa shape index (κ1) is 16.5. The minimum atomic E-state index is 0.376. The van der Waals surface area contributed by atoms with Gasteiger partial charge in [0.25, 0.3) is 0 Å². The predicted octanol–water partition coefficient (Wildman–Crippen LogP) is 6.12. The second kappa shape index (κ2) is 6.96. The molecule has 2 heteroatoms. The van der Waals surface area contributed by atoms with Crippen LogP contribution in [0, 0.1) is 32.1 Å². The van der Waals surface area contributed by atoms with Crippen LogP contribution >= 0.6 is 31.9 Å². The van der Waals surface area contributed by atoms with Gasteiger partial charge in [0.05, 0.1) is 0 Å². The molecule has 0 amide bonds. The summed E-state index contributed by atoms with van der Waals surface area (Å²) in [6.45, 7) is 6.75. The Morgan fingerprint density at radius 3 is 1.95 bits per heavy atom. The predicted molar refractivity (Wildman–Crippen MR) is 96.3 cm³/mol. The van der Waals surface area contributed by atoms with E-state index in [1.54, 1.807) is 5.56 Å². The van der Waals surface area contributed by atoms with Crippen LogP contribution in [0.2, 0.25) is 0 Å². The highest BCUT2D eigenvalue weighted by molar-refractivity contribution is 9.09. The van der Waals surface area contributed by atoms with Crippen molar-refractivity contribution in [3.8, 4) is 0 Å². The van der Waals surface area contributed by atoms with Gasteiger partial charge in [0, 0.05) is 10.7 Å². The Morgan fingerprint density at radius 2 is 1.50 bits per heavy atom. The lowest BCUT2D eigenvalue weighted by atomic mass is 9.72. The summed E-state index contributed by atoms with van der Waals surface area (Å²) in [6.07, 6.45) is 6.84. The van der Waals surface area contributed by atoms with Crippen molar-refractivity contribution in [2.24, 2.45) is 11.3 Å². The largest absolute Gasteiger partial charge is 0.0921 e. The molecule has 0 saturated heterocycles. The summed E-state index contributed by atoms with van der Waals surface area (Å²) >= 11 is 7.67. The summed E-state index contributed by atoms with van der Waals surface area (Å²) in [5.41, 5.74) is 6.26. The van der Waals surface area contributed by atoms with Gasteiger partial charge in [0.2, 0.25) is 0 Å². The van der Waals surface area contributed by atoms with E-state index >= 15 is 0 Å². The van der Waals surface area contributed by atoms with Crippen LogP contribution in [0.1, 0.15) is 47.9 Å². The van der Waals surface area contributed by atoms with Gasteiger partial charge in [-0.1, -0.05) is 62.4 Å². The Bertz CT molecular complexity index is 431. The molecule has 0 N–H and O–H groups in total. The van der Waals surface area contributed by atoms with Gasteiger partial charge in [-0.15, -0.1) is 0 Å². The van der Waals surface area contributed by atoms with E-state index in [4.69, 9.17) is 0 Å². The second-order valence-electron chi connectivity index (χ2n) is 6.67. The number of hydrogen-bond acceptors (Lipinski definition) is 0. The number of benzene rings is 1. The van der Waals surface area contributed by atoms with E-state index in [1.165, 1.54) is 48.8 Å². The molecule has 1 aliphatic rings. The Morgan fingerprint density at radius 1 is 1.00 bits per heavy atom. The average molecular weight is 402 g/mol. The van der Waals surface area contributed by atoms with Crippen molar-refractivity contribution in [1.29, 1.82) is 0 Å². The fourth-order valence-corrected chi connectivity index (χ4v) is 6.11. The lowest BCUT2D eigenvalue weighted by Gasteiger charge is -2.37. The van der Waals surface area contributed by atoms with E-state index in [2.05, 4.69) is 64.8 Å². The molecule has 20 heavy (non-hydrogen) atoms. The van der Waals surface area contributed by atoms with Gasteiger partial charge >= 0.3 is 0 Å². The summed E-state index contributed by atoms with van der Waals surface area (Å²) in [5.74, 6) is 0.862. The quantitative estimate of drug-likeness (QED) is 0.521. The molecule has 0 nitrogen and oxygen atoms in total. The van der Waals surface area contributed by atoms with Crippen molar-refractivity contribution >= 4 is 31.9 Å². The normalized spacial score (nSPS) is 16.9. The van der Waals surface area contributed by atoms with Crippen molar-refractivity contribution in [3.63, 3.8) is 0 Å². The molecule has 0 aromatic heterocycles. The molecule has 0 heterocycles. The maximum Gasteiger partial charge on any atom is 0.0102 e. The fraction of sp³-hybridized carbons (Fsp3) is 0.667. The molecule has 1 fully saturated rings. The van der Waals surface area contributed by atoms with Gasteiger partial charge < -0.3 is 0 Å². The third kappa shape index (κ3) is 3.32. The minimum absolute atomic E-state index is 0.376. The second-order valence-corrected chi connectivity index (χ2v) is 7.79. The first-order chi connectivity index (χ1) is 9.52. The lowest BCUT2D eigenvalue weighted by molar-refractivity contribution is 0.232. The standard InChI is InChI=1S/C18H26Br2/c1-13-8-14(2)17(15(3)9-13)10-18(11-19,12-20)16-6-4-5-7-16/h8-9,16H,4-7,10-12H2,1-3H3. The van der Waals surface area contributed by atoms with Crippen molar-refractivity contribution in [2.45, 2.75) is 52.9 Å². The van der Waals surface area contributed by atoms with E-state index in [-0.39, 0.29) is 0 Å². The van der Waals surface area contributed by atoms with E-state index in [0.29, 0.717) is 5.41 Å². The third-order valence-electron chi connectivity index (χ3n) is 5.12. The molecular formula is C18H26Br2. The molecule has 0 radical (unpaired) electrons. The summed E-state index contributed by atoms with van der Waals surface area (Å²) in [7, 11) is 0. The molecule has 1 saturated carbocycles. The maximum absolute atomic E-state index is 3.83. The number of aryl methyl sites for hydroxylation is 3. The summed E-state index contributed by atoms with van der Waals surface area (Å²) in [5, 5.41) is 2.20. The Balaban J connectivity index is 2.33. The van der Waals surface area contributed by atoms with Crippen molar-refractivity contribution in [2.75, 3.05) is 10.7 Å². The molecule has 1 aromatic carbocycles. The molecule has 2 rings (SSSR count). The van der Waals surface area contributed by atoms with Crippen molar-refractivity contribution < 1.29 is 0 Å². The van der Waals surface area contributed by atoms with Crippen molar-refractivity contribution in [3.05, 3.63) is 34.4 Å². The highest BCUT2D eigenvalue weighted by Gasteiger charge is 2.39. The zero-order chi connectivity index (χ0) is 14.8. The SMILES string of the molecule is Cc1cc(C)c(CC(CBr)(CBr)C2CCCC2)c(C)c1. The molecular weight excluding hydrogens is 376 g/mol. The van der Waals surface area contributed by atoms with Crippen LogP contribution in [0.4, 0.5) is 0 Å². The van der Waals surface area contributed by atoms with Crippen LogP contribution in [-0.4, -0.2) is 10.7 Å². The molecule has 1 aromatic rings. The number of hydrogen-bond donors (Lipinski definition) is 0. The summed E-state index contributed by atoms with van der Waals surface area (Å²) < 4.78 is 0. The zero-order valence-corrected chi connectivity index (χ0v) is 16.1. The molecule has 0 unspecified atom stereocenters. The first-order valence-corrected chi connectivity index (χ1v) is 9.95. The first-order valence-electron chi connectivity index (χ1n) is 7.71. The maximum atomic E-state index is 3.83.